The summed E-state index contributed by atoms with van der Waals surface area (Å²) in [5.74, 6) is 0.895. The van der Waals surface area contributed by atoms with Crippen molar-refractivity contribution >= 4 is 47.4 Å². The smallest absolute Gasteiger partial charge is 0.356 e. The Kier molecular flexibility index (Phi) is 9.14. The summed E-state index contributed by atoms with van der Waals surface area (Å²) in [6.07, 6.45) is -2.53. The number of guanidine groups is 1. The van der Waals surface area contributed by atoms with Gasteiger partial charge in [-0.15, -0.1) is 24.0 Å². The average molecular weight is 510 g/mol. The molecule has 0 spiro atoms. The molecule has 1 fully saturated rings. The highest BCUT2D eigenvalue weighted by molar-refractivity contribution is 14.0. The van der Waals surface area contributed by atoms with Crippen LogP contribution in [0.1, 0.15) is 18.4 Å². The number of aliphatic imine (C=N–C) groups is 1. The number of anilines is 1. The van der Waals surface area contributed by atoms with Gasteiger partial charge in [-0.05, 0) is 18.9 Å². The molecule has 1 unspecified atom stereocenters. The van der Waals surface area contributed by atoms with Crippen molar-refractivity contribution in [2.75, 3.05) is 38.3 Å². The number of pyridine rings is 1. The van der Waals surface area contributed by atoms with Gasteiger partial charge in [0.15, 0.2) is 5.96 Å². The zero-order valence-electron chi connectivity index (χ0n) is 14.1. The third-order valence-corrected chi connectivity index (χ3v) is 4.08. The van der Waals surface area contributed by atoms with Crippen LogP contribution in [0.15, 0.2) is 17.3 Å². The summed E-state index contributed by atoms with van der Waals surface area (Å²) in [5.41, 5.74) is -0.868. The molecule has 1 aliphatic rings. The number of alkyl halides is 4. The van der Waals surface area contributed by atoms with Crippen LogP contribution < -0.4 is 15.5 Å². The van der Waals surface area contributed by atoms with Crippen LogP contribution in [0.4, 0.5) is 23.4 Å². The predicted molar refractivity (Wildman–Crippen MR) is 105 cm³/mol. The highest BCUT2D eigenvalue weighted by atomic mass is 127. The predicted octanol–water partition coefficient (Wildman–Crippen LogP) is 3.48. The molecule has 1 aromatic rings. The van der Waals surface area contributed by atoms with Gasteiger partial charge < -0.3 is 15.5 Å². The Balaban J connectivity index is 0.00000338. The molecule has 26 heavy (non-hydrogen) atoms. The minimum absolute atomic E-state index is 0. The zero-order chi connectivity index (χ0) is 18.4. The van der Waals surface area contributed by atoms with E-state index in [1.165, 1.54) is 0 Å². The minimum Gasteiger partial charge on any atom is -0.356 e. The third-order valence-electron chi connectivity index (χ3n) is 3.80. The highest BCUT2D eigenvalue weighted by Gasteiger charge is 2.33. The van der Waals surface area contributed by atoms with Gasteiger partial charge in [0.05, 0.1) is 17.3 Å². The summed E-state index contributed by atoms with van der Waals surface area (Å²) in [6, 6.07) is 0.930. The molecular formula is C15H21ClF4IN5. The van der Waals surface area contributed by atoms with Crippen LogP contribution in [0.2, 0.25) is 5.02 Å². The molecule has 1 aliphatic heterocycles. The Hall–Kier alpha value is -1.04. The van der Waals surface area contributed by atoms with E-state index in [9.17, 15) is 17.6 Å². The van der Waals surface area contributed by atoms with Crippen LogP contribution in [0, 0.1) is 0 Å². The Morgan fingerprint density at radius 3 is 2.77 bits per heavy atom. The van der Waals surface area contributed by atoms with Crippen molar-refractivity contribution in [2.45, 2.75) is 25.1 Å². The lowest BCUT2D eigenvalue weighted by Gasteiger charge is -2.21. The molecule has 0 radical (unpaired) electrons. The summed E-state index contributed by atoms with van der Waals surface area (Å²) in [7, 11) is 1.62. The van der Waals surface area contributed by atoms with Crippen molar-refractivity contribution in [3.63, 3.8) is 0 Å². The molecule has 0 aliphatic carbocycles. The lowest BCUT2D eigenvalue weighted by Crippen LogP contribution is -2.45. The normalized spacial score (nSPS) is 17.8. The van der Waals surface area contributed by atoms with Gasteiger partial charge in [-0.3, -0.25) is 9.38 Å². The zero-order valence-corrected chi connectivity index (χ0v) is 17.2. The monoisotopic (exact) mass is 509 g/mol. The van der Waals surface area contributed by atoms with Gasteiger partial charge in [-0.1, -0.05) is 11.6 Å². The topological polar surface area (TPSA) is 52.6 Å². The molecular weight excluding hydrogens is 489 g/mol. The second-order valence-corrected chi connectivity index (χ2v) is 6.05. The van der Waals surface area contributed by atoms with Crippen molar-refractivity contribution in [1.82, 2.24) is 15.6 Å². The molecule has 0 aromatic carbocycles. The lowest BCUT2D eigenvalue weighted by molar-refractivity contribution is -0.137. The lowest BCUT2D eigenvalue weighted by atomic mass is 10.2. The van der Waals surface area contributed by atoms with E-state index >= 15 is 0 Å². The number of hydrogen-bond donors (Lipinski definition) is 2. The van der Waals surface area contributed by atoms with Gasteiger partial charge >= 0.3 is 6.18 Å². The van der Waals surface area contributed by atoms with Gasteiger partial charge in [0.2, 0.25) is 0 Å². The first-order valence-electron chi connectivity index (χ1n) is 7.86. The second kappa shape index (κ2) is 10.3. The Bertz CT molecular complexity index is 614. The van der Waals surface area contributed by atoms with E-state index in [2.05, 4.69) is 20.6 Å². The fourth-order valence-corrected chi connectivity index (χ4v) is 2.84. The number of nitrogens with one attached hydrogen (secondary N) is 2. The molecule has 2 N–H and O–H groups in total. The van der Waals surface area contributed by atoms with Crippen LogP contribution in [0.5, 0.6) is 0 Å². The van der Waals surface area contributed by atoms with E-state index in [4.69, 9.17) is 11.6 Å². The maximum Gasteiger partial charge on any atom is 0.417 e. The van der Waals surface area contributed by atoms with E-state index in [0.717, 1.165) is 18.7 Å². The van der Waals surface area contributed by atoms with E-state index < -0.39 is 18.4 Å². The van der Waals surface area contributed by atoms with E-state index in [1.54, 1.807) is 7.05 Å². The number of halogens is 6. The number of aromatic nitrogens is 1. The number of hydrogen-bond acceptors (Lipinski definition) is 3. The molecule has 0 bridgehead atoms. The molecule has 5 nitrogen and oxygen atoms in total. The second-order valence-electron chi connectivity index (χ2n) is 5.64. The first kappa shape index (κ1) is 23.0. The molecule has 2 heterocycles. The summed E-state index contributed by atoms with van der Waals surface area (Å²) in [5, 5.41) is 6.18. The van der Waals surface area contributed by atoms with Gasteiger partial charge in [0, 0.05) is 38.9 Å². The first-order valence-corrected chi connectivity index (χ1v) is 8.23. The van der Waals surface area contributed by atoms with Gasteiger partial charge in [0.1, 0.15) is 5.82 Å². The van der Waals surface area contributed by atoms with Crippen LogP contribution in [0.25, 0.3) is 0 Å². The van der Waals surface area contributed by atoms with E-state index in [1.807, 2.05) is 4.90 Å². The molecule has 0 amide bonds. The molecule has 0 saturated carbocycles. The summed E-state index contributed by atoms with van der Waals surface area (Å²) < 4.78 is 50.2. The summed E-state index contributed by atoms with van der Waals surface area (Å²) >= 11 is 5.98. The van der Waals surface area contributed by atoms with Crippen LogP contribution in [0.3, 0.4) is 0 Å². The van der Waals surface area contributed by atoms with E-state index in [-0.39, 0.29) is 35.0 Å². The molecule has 1 atom stereocenters. The highest BCUT2D eigenvalue weighted by Crippen LogP contribution is 2.34. The SMILES string of the molecule is CN=C(NCCCF)NC1CCN(c2ncc(C(F)(F)F)cc2Cl)C1.I. The van der Waals surface area contributed by atoms with Crippen LogP contribution in [-0.4, -0.2) is 50.3 Å². The average Bonchev–Trinajstić information content (AvgIpc) is 3.01. The fraction of sp³-hybridized carbons (Fsp3) is 0.600. The molecule has 11 heteroatoms. The Labute approximate surface area is 171 Å². The van der Waals surface area contributed by atoms with Crippen molar-refractivity contribution < 1.29 is 17.6 Å². The minimum atomic E-state index is -4.47. The largest absolute Gasteiger partial charge is 0.417 e. The van der Waals surface area contributed by atoms with Crippen LogP contribution in [-0.2, 0) is 6.18 Å². The van der Waals surface area contributed by atoms with Crippen molar-refractivity contribution in [1.29, 1.82) is 0 Å². The van der Waals surface area contributed by atoms with Gasteiger partial charge in [-0.25, -0.2) is 4.98 Å². The number of rotatable bonds is 5. The maximum atomic E-state index is 12.7. The summed E-state index contributed by atoms with van der Waals surface area (Å²) in [6.45, 7) is 1.21. The van der Waals surface area contributed by atoms with Crippen molar-refractivity contribution in [2.24, 2.45) is 4.99 Å². The van der Waals surface area contributed by atoms with Gasteiger partial charge in [-0.2, -0.15) is 13.2 Å². The van der Waals surface area contributed by atoms with Crippen LogP contribution >= 0.6 is 35.6 Å². The molecule has 148 valence electrons. The maximum absolute atomic E-state index is 12.7. The Morgan fingerprint density at radius 1 is 1.46 bits per heavy atom. The van der Waals surface area contributed by atoms with Gasteiger partial charge in [0.25, 0.3) is 0 Å². The quantitative estimate of drug-likeness (QED) is 0.210. The van der Waals surface area contributed by atoms with Crippen molar-refractivity contribution in [3.8, 4) is 0 Å². The fourth-order valence-electron chi connectivity index (χ4n) is 2.55. The first-order chi connectivity index (χ1) is 11.8. The molecule has 1 aromatic heterocycles. The molecule has 1 saturated heterocycles. The summed E-state index contributed by atoms with van der Waals surface area (Å²) in [4.78, 5) is 9.77. The standard InChI is InChI=1S/C15H20ClF4N5.HI/c1-21-14(22-5-2-4-17)24-11-3-6-25(9-11)13-12(16)7-10(8-23-13)15(18,19)20;/h7-8,11H,2-6,9H2,1H3,(H2,21,22,24);1H. The number of nitrogens with zero attached hydrogens (tertiary/aromatic N) is 3. The van der Waals surface area contributed by atoms with Crippen molar-refractivity contribution in [3.05, 3.63) is 22.8 Å². The Morgan fingerprint density at radius 2 is 2.19 bits per heavy atom. The third kappa shape index (κ3) is 6.29. The van der Waals surface area contributed by atoms with E-state index in [0.29, 0.717) is 37.8 Å². The molecule has 2 rings (SSSR count).